The van der Waals surface area contributed by atoms with E-state index < -0.39 is 4.92 Å². The second-order valence-corrected chi connectivity index (χ2v) is 8.98. The van der Waals surface area contributed by atoms with Gasteiger partial charge in [0.1, 0.15) is 5.69 Å². The molecule has 0 spiro atoms. The van der Waals surface area contributed by atoms with Crippen LogP contribution >= 0.6 is 0 Å². The minimum atomic E-state index is -0.404. The fourth-order valence-corrected chi connectivity index (χ4v) is 5.40. The van der Waals surface area contributed by atoms with Gasteiger partial charge in [-0.25, -0.2) is 4.90 Å². The van der Waals surface area contributed by atoms with Crippen LogP contribution in [0, 0.1) is 27.9 Å². The average Bonchev–Trinajstić information content (AvgIpc) is 2.97. The van der Waals surface area contributed by atoms with Gasteiger partial charge in [-0.2, -0.15) is 0 Å². The average molecular weight is 399 g/mol. The Balaban J connectivity index is 1.65. The van der Waals surface area contributed by atoms with E-state index in [1.807, 2.05) is 11.9 Å². The van der Waals surface area contributed by atoms with Gasteiger partial charge >= 0.3 is 0 Å². The molecule has 1 aromatic carbocycles. The molecule has 3 aliphatic rings. The van der Waals surface area contributed by atoms with Crippen LogP contribution in [0.15, 0.2) is 18.2 Å². The van der Waals surface area contributed by atoms with E-state index in [0.29, 0.717) is 17.3 Å². The van der Waals surface area contributed by atoms with Gasteiger partial charge in [0.2, 0.25) is 11.8 Å². The maximum Gasteiger partial charge on any atom is 0.294 e. The third-order valence-electron chi connectivity index (χ3n) is 7.10. The molecular formula is C22H29N3O4. The lowest BCUT2D eigenvalue weighted by Crippen LogP contribution is -2.34. The van der Waals surface area contributed by atoms with E-state index in [1.54, 1.807) is 12.1 Å². The number of rotatable bonds is 4. The number of benzene rings is 1. The van der Waals surface area contributed by atoms with E-state index in [-0.39, 0.29) is 35.4 Å². The summed E-state index contributed by atoms with van der Waals surface area (Å²) in [5.41, 5.74) is 0.838. The molecule has 7 heteroatoms. The van der Waals surface area contributed by atoms with Gasteiger partial charge in [-0.15, -0.1) is 0 Å². The van der Waals surface area contributed by atoms with Gasteiger partial charge < -0.3 is 4.90 Å². The fraction of sp³-hybridized carbons (Fsp3) is 0.636. The van der Waals surface area contributed by atoms with Gasteiger partial charge in [-0.05, 0) is 50.2 Å². The van der Waals surface area contributed by atoms with E-state index in [2.05, 4.69) is 6.92 Å². The lowest BCUT2D eigenvalue weighted by Gasteiger charge is -2.32. The van der Waals surface area contributed by atoms with Crippen LogP contribution in [-0.2, 0) is 9.59 Å². The van der Waals surface area contributed by atoms with Crippen LogP contribution in [0.3, 0.4) is 0 Å². The van der Waals surface area contributed by atoms with E-state index in [0.717, 1.165) is 44.9 Å². The van der Waals surface area contributed by atoms with Crippen molar-refractivity contribution in [2.75, 3.05) is 16.8 Å². The highest BCUT2D eigenvalue weighted by Crippen LogP contribution is 2.43. The SMILES string of the molecule is C[C@@H]1CC[C@@H]2C(=O)N(c3ccc(N(C)C4CCCCC4)c([N+](=O)[O-])c3)C(=O)[C@H]2C1. The van der Waals surface area contributed by atoms with E-state index in [4.69, 9.17) is 0 Å². The smallest absolute Gasteiger partial charge is 0.294 e. The minimum Gasteiger partial charge on any atom is -0.366 e. The summed E-state index contributed by atoms with van der Waals surface area (Å²) in [5.74, 6) is -0.533. The highest BCUT2D eigenvalue weighted by molar-refractivity contribution is 6.22. The topological polar surface area (TPSA) is 83.8 Å². The van der Waals surface area contributed by atoms with E-state index in [9.17, 15) is 19.7 Å². The van der Waals surface area contributed by atoms with Crippen molar-refractivity contribution in [1.29, 1.82) is 0 Å². The summed E-state index contributed by atoms with van der Waals surface area (Å²) in [6, 6.07) is 5.09. The summed E-state index contributed by atoms with van der Waals surface area (Å²) in [7, 11) is 1.90. The van der Waals surface area contributed by atoms with Crippen molar-refractivity contribution in [3.63, 3.8) is 0 Å². The molecule has 0 bridgehead atoms. The lowest BCUT2D eigenvalue weighted by atomic mass is 9.76. The number of fused-ring (bicyclic) bond motifs is 1. The van der Waals surface area contributed by atoms with Crippen molar-refractivity contribution >= 4 is 28.9 Å². The first-order valence-electron chi connectivity index (χ1n) is 10.8. The molecule has 2 saturated carbocycles. The number of hydrogen-bond acceptors (Lipinski definition) is 5. The molecule has 1 saturated heterocycles. The number of amides is 2. The molecule has 0 N–H and O–H groups in total. The quantitative estimate of drug-likeness (QED) is 0.428. The molecule has 3 fully saturated rings. The second kappa shape index (κ2) is 7.76. The first-order chi connectivity index (χ1) is 13.9. The predicted molar refractivity (Wildman–Crippen MR) is 111 cm³/mol. The molecule has 4 rings (SSSR count). The predicted octanol–water partition coefficient (Wildman–Crippen LogP) is 4.29. The molecule has 0 radical (unpaired) electrons. The molecule has 2 amide bonds. The summed E-state index contributed by atoms with van der Waals surface area (Å²) in [6.07, 6.45) is 7.93. The minimum absolute atomic E-state index is 0.0422. The molecule has 1 aromatic rings. The van der Waals surface area contributed by atoms with E-state index >= 15 is 0 Å². The van der Waals surface area contributed by atoms with Crippen molar-refractivity contribution in [2.45, 2.75) is 64.3 Å². The standard InChI is InChI=1S/C22H29N3O4/c1-14-8-10-17-18(12-14)22(27)24(21(17)26)16-9-11-19(20(13-16)25(28)29)23(2)15-6-4-3-5-7-15/h9,11,13-15,17-18H,3-8,10,12H2,1-2H3/t14-,17+,18+/m1/s1. The normalized spacial score (nSPS) is 27.8. The van der Waals surface area contributed by atoms with Crippen molar-refractivity contribution in [3.8, 4) is 0 Å². The monoisotopic (exact) mass is 399 g/mol. The Morgan fingerprint density at radius 2 is 1.72 bits per heavy atom. The highest BCUT2D eigenvalue weighted by Gasteiger charge is 2.50. The number of anilines is 2. The molecule has 1 aliphatic heterocycles. The maximum atomic E-state index is 13.0. The first kappa shape index (κ1) is 19.9. The van der Waals surface area contributed by atoms with Crippen LogP contribution in [0.5, 0.6) is 0 Å². The zero-order valence-electron chi connectivity index (χ0n) is 17.2. The molecule has 7 nitrogen and oxygen atoms in total. The maximum absolute atomic E-state index is 13.0. The number of carbonyl (C=O) groups excluding carboxylic acids is 2. The van der Waals surface area contributed by atoms with Crippen molar-refractivity contribution in [1.82, 2.24) is 0 Å². The largest absolute Gasteiger partial charge is 0.366 e. The Bertz CT molecular complexity index is 833. The Kier molecular flexibility index (Phi) is 5.32. The third-order valence-corrected chi connectivity index (χ3v) is 7.10. The second-order valence-electron chi connectivity index (χ2n) is 8.98. The number of carbonyl (C=O) groups is 2. The van der Waals surface area contributed by atoms with Crippen molar-refractivity contribution < 1.29 is 14.5 Å². The van der Waals surface area contributed by atoms with Crippen LogP contribution in [0.1, 0.15) is 58.3 Å². The first-order valence-corrected chi connectivity index (χ1v) is 10.8. The number of imide groups is 1. The van der Waals surface area contributed by atoms with Crippen LogP contribution in [0.4, 0.5) is 17.1 Å². The summed E-state index contributed by atoms with van der Waals surface area (Å²) in [4.78, 5) is 40.5. The zero-order valence-corrected chi connectivity index (χ0v) is 17.2. The van der Waals surface area contributed by atoms with Gasteiger partial charge in [0.05, 0.1) is 22.4 Å². The molecular weight excluding hydrogens is 370 g/mol. The van der Waals surface area contributed by atoms with Crippen LogP contribution < -0.4 is 9.80 Å². The number of hydrogen-bond donors (Lipinski definition) is 0. The Hall–Kier alpha value is -2.44. The van der Waals surface area contributed by atoms with Gasteiger partial charge in [-0.3, -0.25) is 19.7 Å². The lowest BCUT2D eigenvalue weighted by molar-refractivity contribution is -0.384. The van der Waals surface area contributed by atoms with Gasteiger partial charge in [0.15, 0.2) is 0 Å². The number of nitro benzene ring substituents is 1. The van der Waals surface area contributed by atoms with Gasteiger partial charge in [0.25, 0.3) is 5.69 Å². The molecule has 3 atom stereocenters. The highest BCUT2D eigenvalue weighted by atomic mass is 16.6. The molecule has 1 heterocycles. The van der Waals surface area contributed by atoms with Gasteiger partial charge in [-0.1, -0.05) is 26.2 Å². The molecule has 29 heavy (non-hydrogen) atoms. The Morgan fingerprint density at radius 1 is 1.03 bits per heavy atom. The summed E-state index contributed by atoms with van der Waals surface area (Å²) >= 11 is 0. The molecule has 0 unspecified atom stereocenters. The third kappa shape index (κ3) is 3.51. The summed E-state index contributed by atoms with van der Waals surface area (Å²) in [5, 5.41) is 11.8. The summed E-state index contributed by atoms with van der Waals surface area (Å²) in [6.45, 7) is 2.11. The Morgan fingerprint density at radius 3 is 2.41 bits per heavy atom. The van der Waals surface area contributed by atoms with Crippen LogP contribution in [-0.4, -0.2) is 29.8 Å². The van der Waals surface area contributed by atoms with Crippen LogP contribution in [0.25, 0.3) is 0 Å². The zero-order chi connectivity index (χ0) is 20.7. The Labute approximate surface area is 171 Å². The van der Waals surface area contributed by atoms with Gasteiger partial charge in [0, 0.05) is 19.2 Å². The van der Waals surface area contributed by atoms with Crippen molar-refractivity contribution in [3.05, 3.63) is 28.3 Å². The molecule has 2 aliphatic carbocycles. The van der Waals surface area contributed by atoms with Crippen molar-refractivity contribution in [2.24, 2.45) is 17.8 Å². The van der Waals surface area contributed by atoms with Crippen LogP contribution in [0.2, 0.25) is 0 Å². The number of nitro groups is 1. The summed E-state index contributed by atoms with van der Waals surface area (Å²) < 4.78 is 0. The van der Waals surface area contributed by atoms with E-state index in [1.165, 1.54) is 17.4 Å². The fourth-order valence-electron chi connectivity index (χ4n) is 5.40. The molecule has 0 aromatic heterocycles. The number of nitrogens with zero attached hydrogens (tertiary/aromatic N) is 3. The molecule has 156 valence electrons.